The van der Waals surface area contributed by atoms with Gasteiger partial charge in [0.1, 0.15) is 0 Å². The molecule has 0 spiro atoms. The first-order valence-electron chi connectivity index (χ1n) is 18.0. The molecule has 53 heavy (non-hydrogen) atoms. The molecule has 0 heterocycles. The minimum atomic E-state index is -3.37. The van der Waals surface area contributed by atoms with Crippen LogP contribution in [0.5, 0.6) is 0 Å². The minimum absolute atomic E-state index is 1.02. The summed E-state index contributed by atoms with van der Waals surface area (Å²) in [4.78, 5) is 0. The van der Waals surface area contributed by atoms with Crippen molar-refractivity contribution in [2.24, 2.45) is 0 Å². The number of hydrogen-bond donors (Lipinski definition) is 0. The molecule has 4 unspecified atom stereocenters. The van der Waals surface area contributed by atoms with Gasteiger partial charge in [0, 0.05) is 0 Å². The molecule has 0 aliphatic heterocycles. The van der Waals surface area contributed by atoms with Crippen LogP contribution in [0.15, 0.2) is 182 Å². The molecule has 0 fully saturated rings. The zero-order valence-corrected chi connectivity index (χ0v) is 37.4. The maximum Gasteiger partial charge on any atom is 0.352 e. The fraction of sp³-hybridized carbons (Fsp3) is 0.143. The van der Waals surface area contributed by atoms with Crippen molar-refractivity contribution in [1.82, 2.24) is 0 Å². The number of benzene rings is 6. The summed E-state index contributed by atoms with van der Waals surface area (Å²) < 4.78 is 37.6. The van der Waals surface area contributed by atoms with Crippen molar-refractivity contribution in [3.05, 3.63) is 182 Å². The first-order chi connectivity index (χ1) is 25.5. The Morgan fingerprint density at radius 3 is 0.774 bits per heavy atom. The summed E-state index contributed by atoms with van der Waals surface area (Å²) in [7, 11) is -15.9. The van der Waals surface area contributed by atoms with Gasteiger partial charge in [0.2, 0.25) is 18.1 Å². The Balaban J connectivity index is 1.46. The van der Waals surface area contributed by atoms with E-state index in [0.717, 1.165) is 20.7 Å². The molecular weight excluding hydrogens is 753 g/mol. The first-order valence-corrected chi connectivity index (χ1v) is 31.1. The van der Waals surface area contributed by atoms with E-state index in [9.17, 15) is 0 Å². The van der Waals surface area contributed by atoms with Gasteiger partial charge in [-0.05, 0) is 70.4 Å². The van der Waals surface area contributed by atoms with Gasteiger partial charge in [-0.2, -0.15) is 0 Å². The van der Waals surface area contributed by atoms with E-state index in [4.69, 9.17) is 20.6 Å². The van der Waals surface area contributed by atoms with Gasteiger partial charge in [-0.25, -0.2) is 0 Å². The van der Waals surface area contributed by atoms with E-state index in [-0.39, 0.29) is 0 Å². The highest BCUT2D eigenvalue weighted by molar-refractivity contribution is 7.02. The lowest BCUT2D eigenvalue weighted by molar-refractivity contribution is 0.300. The Bertz CT molecular complexity index is 1860. The normalized spacial score (nSPS) is 16.3. The third-order valence-electron chi connectivity index (χ3n) is 9.42. The van der Waals surface area contributed by atoms with Gasteiger partial charge < -0.3 is 20.6 Å². The largest absolute Gasteiger partial charge is 0.429 e. The highest BCUT2D eigenvalue weighted by atomic mass is 28.5. The summed E-state index contributed by atoms with van der Waals surface area (Å²) in [6, 6.07) is 62.8. The van der Waals surface area contributed by atoms with Crippen LogP contribution in [0.2, 0.25) is 39.3 Å². The summed E-state index contributed by atoms with van der Waals surface area (Å²) in [5.41, 5.74) is 0. The predicted octanol–water partition coefficient (Wildman–Crippen LogP) is 6.04. The molecule has 2 radical (unpaired) electrons. The second-order valence-corrected chi connectivity index (χ2v) is 30.9. The molecule has 5 nitrogen and oxygen atoms in total. The molecule has 6 rings (SSSR count). The molecule has 4 atom stereocenters. The Morgan fingerprint density at radius 1 is 0.302 bits per heavy atom. The summed E-state index contributed by atoms with van der Waals surface area (Å²) in [6.07, 6.45) is 0. The van der Waals surface area contributed by atoms with Gasteiger partial charge in [-0.1, -0.05) is 182 Å². The summed E-state index contributed by atoms with van der Waals surface area (Å²) in [5, 5.41) is 6.57. The molecule has 0 aliphatic carbocycles. The van der Waals surface area contributed by atoms with Gasteiger partial charge >= 0.3 is 34.2 Å². The van der Waals surface area contributed by atoms with Crippen LogP contribution in [-0.2, 0) is 20.6 Å². The zero-order valence-electron chi connectivity index (χ0n) is 31.4. The molecule has 11 heteroatoms. The van der Waals surface area contributed by atoms with E-state index >= 15 is 0 Å². The fourth-order valence-corrected chi connectivity index (χ4v) is 31.7. The van der Waals surface area contributed by atoms with Crippen LogP contribution in [0.4, 0.5) is 0 Å². The van der Waals surface area contributed by atoms with Crippen LogP contribution >= 0.6 is 0 Å². The quantitative estimate of drug-likeness (QED) is 0.112. The van der Waals surface area contributed by atoms with Crippen molar-refractivity contribution >= 4 is 83.4 Å². The second kappa shape index (κ2) is 17.3. The van der Waals surface area contributed by atoms with E-state index in [0.29, 0.717) is 0 Å². The highest BCUT2D eigenvalue weighted by Gasteiger charge is 2.55. The lowest BCUT2D eigenvalue weighted by atomic mass is 10.4. The van der Waals surface area contributed by atoms with Gasteiger partial charge in [0.25, 0.3) is 0 Å². The highest BCUT2D eigenvalue weighted by Crippen LogP contribution is 2.27. The SMILES string of the molecule is C[Si](O[Si](C)(O[Si](C)(O[Si](C)(O[Si](C)(O[Si](C)c1ccccc1)c1ccccc1)c1ccccc1)c1ccccc1)c1ccccc1)c1ccccc1. The van der Waals surface area contributed by atoms with Crippen LogP contribution in [0.3, 0.4) is 0 Å². The summed E-state index contributed by atoms with van der Waals surface area (Å²) >= 11 is 0. The molecule has 0 N–H and O–H groups in total. The van der Waals surface area contributed by atoms with Crippen LogP contribution in [0.1, 0.15) is 0 Å². The Morgan fingerprint density at radius 2 is 0.509 bits per heavy atom. The zero-order chi connectivity index (χ0) is 37.4. The monoisotopic (exact) mass is 800 g/mol. The van der Waals surface area contributed by atoms with Crippen molar-refractivity contribution in [1.29, 1.82) is 0 Å². The molecular formula is C42H48O5Si6. The fourth-order valence-electron chi connectivity index (χ4n) is 6.68. The van der Waals surface area contributed by atoms with Crippen LogP contribution in [0, 0.1) is 0 Å². The topological polar surface area (TPSA) is 46.2 Å². The average Bonchev–Trinajstić information content (AvgIpc) is 3.19. The Kier molecular flexibility index (Phi) is 12.7. The molecule has 0 amide bonds. The molecule has 0 aliphatic rings. The van der Waals surface area contributed by atoms with Gasteiger partial charge in [0.05, 0.1) is 0 Å². The smallest absolute Gasteiger partial charge is 0.352 e. The van der Waals surface area contributed by atoms with E-state index < -0.39 is 52.3 Å². The van der Waals surface area contributed by atoms with Crippen molar-refractivity contribution in [2.45, 2.75) is 39.3 Å². The third kappa shape index (κ3) is 9.57. The maximum absolute atomic E-state index is 7.77. The molecule has 0 saturated heterocycles. The first kappa shape index (κ1) is 39.1. The van der Waals surface area contributed by atoms with Crippen LogP contribution in [0.25, 0.3) is 0 Å². The molecule has 0 aromatic heterocycles. The lowest BCUT2D eigenvalue weighted by Crippen LogP contribution is -2.72. The number of rotatable bonds is 16. The van der Waals surface area contributed by atoms with Crippen molar-refractivity contribution in [3.63, 3.8) is 0 Å². The van der Waals surface area contributed by atoms with Crippen LogP contribution < -0.4 is 31.1 Å². The molecule has 0 saturated carbocycles. The van der Waals surface area contributed by atoms with E-state index in [1.165, 1.54) is 10.4 Å². The maximum atomic E-state index is 7.77. The van der Waals surface area contributed by atoms with Gasteiger partial charge in [-0.3, -0.25) is 0 Å². The van der Waals surface area contributed by atoms with Crippen molar-refractivity contribution in [3.8, 4) is 0 Å². The molecule has 0 bridgehead atoms. The summed E-state index contributed by atoms with van der Waals surface area (Å²) in [6.45, 7) is 13.1. The van der Waals surface area contributed by atoms with E-state index in [1.807, 2.05) is 36.4 Å². The molecule has 6 aromatic rings. The third-order valence-corrected chi connectivity index (χ3v) is 32.2. The van der Waals surface area contributed by atoms with Gasteiger partial charge in [-0.15, -0.1) is 0 Å². The Hall–Kier alpha value is -3.58. The van der Waals surface area contributed by atoms with Crippen molar-refractivity contribution in [2.75, 3.05) is 0 Å². The Labute approximate surface area is 323 Å². The molecule has 6 aromatic carbocycles. The predicted molar refractivity (Wildman–Crippen MR) is 232 cm³/mol. The average molecular weight is 801 g/mol. The van der Waals surface area contributed by atoms with E-state index in [1.54, 1.807) is 0 Å². The number of hydrogen-bond acceptors (Lipinski definition) is 5. The standard InChI is InChI=1S/C42H48O5Si6/c1-48(37-25-13-7-14-26-37)43-50(3,39-29-17-9-18-30-39)45-52(5,41-33-21-11-22-34-41)47-53(6,42-35-23-12-24-36-42)46-51(4,40-31-19-10-20-32-40)44-49(2)38-27-15-8-16-28-38/h7-36H,1-6H3. The summed E-state index contributed by atoms with van der Waals surface area (Å²) in [5.74, 6) is 0. The second-order valence-electron chi connectivity index (χ2n) is 13.6. The lowest BCUT2D eigenvalue weighted by Gasteiger charge is -2.45. The van der Waals surface area contributed by atoms with E-state index in [2.05, 4.69) is 185 Å². The molecule has 270 valence electrons. The van der Waals surface area contributed by atoms with Gasteiger partial charge in [0.15, 0.2) is 0 Å². The van der Waals surface area contributed by atoms with Crippen LogP contribution in [-0.4, -0.2) is 52.3 Å². The van der Waals surface area contributed by atoms with Crippen molar-refractivity contribution < 1.29 is 20.6 Å². The minimum Gasteiger partial charge on any atom is -0.429 e.